The quantitative estimate of drug-likeness (QED) is 0.866. The lowest BCUT2D eigenvalue weighted by Gasteiger charge is -1.98. The summed E-state index contributed by atoms with van der Waals surface area (Å²) in [7, 11) is 0. The number of hydrogen-bond acceptors (Lipinski definition) is 6. The SMILES string of the molecule is CCCNc1nnc(Cn2ccnc2C#N)s1. The average Bonchev–Trinajstić information content (AvgIpc) is 2.96. The van der Waals surface area contributed by atoms with E-state index in [4.69, 9.17) is 5.26 Å². The van der Waals surface area contributed by atoms with Gasteiger partial charge in [0.1, 0.15) is 11.1 Å². The van der Waals surface area contributed by atoms with Crippen molar-refractivity contribution >= 4 is 16.5 Å². The monoisotopic (exact) mass is 248 g/mol. The van der Waals surface area contributed by atoms with E-state index in [1.807, 2.05) is 6.07 Å². The first-order valence-electron chi connectivity index (χ1n) is 5.31. The maximum atomic E-state index is 8.83. The molecule has 0 unspecified atom stereocenters. The normalized spacial score (nSPS) is 10.1. The lowest BCUT2D eigenvalue weighted by molar-refractivity contribution is 0.764. The maximum absolute atomic E-state index is 8.83. The number of anilines is 1. The summed E-state index contributed by atoms with van der Waals surface area (Å²) in [5, 5.41) is 21.8. The van der Waals surface area contributed by atoms with Gasteiger partial charge in [-0.25, -0.2) is 4.98 Å². The summed E-state index contributed by atoms with van der Waals surface area (Å²) in [5.74, 6) is 0.392. The van der Waals surface area contributed by atoms with Gasteiger partial charge in [-0.2, -0.15) is 5.26 Å². The number of hydrogen-bond donors (Lipinski definition) is 1. The lowest BCUT2D eigenvalue weighted by Crippen LogP contribution is -2.00. The molecule has 17 heavy (non-hydrogen) atoms. The Labute approximate surface area is 103 Å². The van der Waals surface area contributed by atoms with Crippen molar-refractivity contribution in [3.8, 4) is 6.07 Å². The minimum atomic E-state index is 0.392. The van der Waals surface area contributed by atoms with Crippen molar-refractivity contribution in [1.29, 1.82) is 5.26 Å². The molecule has 2 aromatic heterocycles. The van der Waals surface area contributed by atoms with Gasteiger partial charge in [-0.05, 0) is 6.42 Å². The van der Waals surface area contributed by atoms with Crippen molar-refractivity contribution in [3.05, 3.63) is 23.2 Å². The van der Waals surface area contributed by atoms with Gasteiger partial charge >= 0.3 is 0 Å². The van der Waals surface area contributed by atoms with Gasteiger partial charge in [-0.3, -0.25) is 0 Å². The molecule has 0 aliphatic carbocycles. The first-order chi connectivity index (χ1) is 8.33. The molecule has 88 valence electrons. The minimum Gasteiger partial charge on any atom is -0.360 e. The van der Waals surface area contributed by atoms with Gasteiger partial charge in [0, 0.05) is 18.9 Å². The van der Waals surface area contributed by atoms with E-state index in [1.165, 1.54) is 11.3 Å². The minimum absolute atomic E-state index is 0.392. The van der Waals surface area contributed by atoms with E-state index in [0.717, 1.165) is 23.1 Å². The van der Waals surface area contributed by atoms with Crippen LogP contribution in [0.5, 0.6) is 0 Å². The van der Waals surface area contributed by atoms with Gasteiger partial charge in [-0.15, -0.1) is 10.2 Å². The van der Waals surface area contributed by atoms with Crippen LogP contribution in [0, 0.1) is 11.3 Å². The van der Waals surface area contributed by atoms with Crippen molar-refractivity contribution in [2.45, 2.75) is 19.9 Å². The molecule has 0 saturated carbocycles. The zero-order valence-electron chi connectivity index (χ0n) is 9.42. The van der Waals surface area contributed by atoms with Gasteiger partial charge in [0.05, 0.1) is 6.54 Å². The van der Waals surface area contributed by atoms with E-state index in [-0.39, 0.29) is 0 Å². The van der Waals surface area contributed by atoms with E-state index >= 15 is 0 Å². The number of imidazole rings is 1. The molecule has 0 aliphatic rings. The van der Waals surface area contributed by atoms with Crippen LogP contribution in [0.2, 0.25) is 0 Å². The molecule has 2 rings (SSSR count). The fourth-order valence-corrected chi connectivity index (χ4v) is 2.08. The van der Waals surface area contributed by atoms with Crippen LogP contribution in [0.25, 0.3) is 0 Å². The second kappa shape index (κ2) is 5.41. The first kappa shape index (κ1) is 11.5. The Morgan fingerprint density at radius 1 is 1.53 bits per heavy atom. The summed E-state index contributed by atoms with van der Waals surface area (Å²) in [5.41, 5.74) is 0. The summed E-state index contributed by atoms with van der Waals surface area (Å²) in [6.07, 6.45) is 4.42. The van der Waals surface area contributed by atoms with Crippen LogP contribution < -0.4 is 5.32 Å². The van der Waals surface area contributed by atoms with Crippen molar-refractivity contribution in [3.63, 3.8) is 0 Å². The van der Waals surface area contributed by atoms with Crippen LogP contribution in [0.4, 0.5) is 5.13 Å². The van der Waals surface area contributed by atoms with E-state index < -0.39 is 0 Å². The lowest BCUT2D eigenvalue weighted by atomic mass is 10.5. The van der Waals surface area contributed by atoms with Crippen LogP contribution in [-0.2, 0) is 6.54 Å². The zero-order valence-corrected chi connectivity index (χ0v) is 10.2. The zero-order chi connectivity index (χ0) is 12.1. The molecular formula is C10H12N6S. The molecule has 0 fully saturated rings. The third-order valence-corrected chi connectivity index (χ3v) is 2.98. The average molecular weight is 248 g/mol. The van der Waals surface area contributed by atoms with Crippen molar-refractivity contribution < 1.29 is 0 Å². The number of aromatic nitrogens is 4. The van der Waals surface area contributed by atoms with Crippen LogP contribution in [0.1, 0.15) is 24.2 Å². The fraction of sp³-hybridized carbons (Fsp3) is 0.400. The van der Waals surface area contributed by atoms with Crippen LogP contribution in [0.3, 0.4) is 0 Å². The van der Waals surface area contributed by atoms with Crippen molar-refractivity contribution in [2.24, 2.45) is 0 Å². The molecule has 0 aromatic carbocycles. The van der Waals surface area contributed by atoms with Crippen LogP contribution in [-0.4, -0.2) is 26.3 Å². The predicted molar refractivity (Wildman–Crippen MR) is 64.7 cm³/mol. The molecular weight excluding hydrogens is 236 g/mol. The Morgan fingerprint density at radius 3 is 3.18 bits per heavy atom. The molecule has 0 atom stereocenters. The highest BCUT2D eigenvalue weighted by atomic mass is 32.1. The van der Waals surface area contributed by atoms with E-state index in [9.17, 15) is 0 Å². The van der Waals surface area contributed by atoms with Crippen LogP contribution in [0.15, 0.2) is 12.4 Å². The van der Waals surface area contributed by atoms with E-state index in [1.54, 1.807) is 17.0 Å². The Balaban J connectivity index is 2.04. The summed E-state index contributed by atoms with van der Waals surface area (Å²) < 4.78 is 1.75. The summed E-state index contributed by atoms with van der Waals surface area (Å²) >= 11 is 1.50. The van der Waals surface area contributed by atoms with Gasteiger partial charge in [0.2, 0.25) is 11.0 Å². The molecule has 2 heterocycles. The number of rotatable bonds is 5. The highest BCUT2D eigenvalue weighted by Crippen LogP contribution is 2.16. The third-order valence-electron chi connectivity index (χ3n) is 2.11. The van der Waals surface area contributed by atoms with Gasteiger partial charge < -0.3 is 9.88 Å². The predicted octanol–water partition coefficient (Wildman–Crippen LogP) is 1.48. The van der Waals surface area contributed by atoms with E-state index in [2.05, 4.69) is 27.4 Å². The Kier molecular flexibility index (Phi) is 3.67. The maximum Gasteiger partial charge on any atom is 0.213 e. The van der Waals surface area contributed by atoms with Gasteiger partial charge in [0.25, 0.3) is 0 Å². The smallest absolute Gasteiger partial charge is 0.213 e. The molecule has 2 aromatic rings. The number of nitriles is 1. The standard InChI is InChI=1S/C10H12N6S/c1-2-3-13-10-15-14-9(17-10)7-16-5-4-12-8(16)6-11/h4-5H,2-3,7H2,1H3,(H,13,15). The highest BCUT2D eigenvalue weighted by molar-refractivity contribution is 7.15. The van der Waals surface area contributed by atoms with E-state index in [0.29, 0.717) is 12.4 Å². The van der Waals surface area contributed by atoms with Crippen molar-refractivity contribution in [1.82, 2.24) is 19.7 Å². The number of nitrogens with one attached hydrogen (secondary N) is 1. The van der Waals surface area contributed by atoms with Gasteiger partial charge in [-0.1, -0.05) is 18.3 Å². The molecule has 0 radical (unpaired) electrons. The van der Waals surface area contributed by atoms with Crippen LogP contribution >= 0.6 is 11.3 Å². The molecule has 0 aliphatic heterocycles. The Bertz CT molecular complexity index is 523. The summed E-state index contributed by atoms with van der Waals surface area (Å²) in [6.45, 7) is 3.52. The van der Waals surface area contributed by atoms with Crippen molar-refractivity contribution in [2.75, 3.05) is 11.9 Å². The first-order valence-corrected chi connectivity index (χ1v) is 6.12. The largest absolute Gasteiger partial charge is 0.360 e. The highest BCUT2D eigenvalue weighted by Gasteiger charge is 2.07. The molecule has 0 bridgehead atoms. The molecule has 0 amide bonds. The molecule has 0 spiro atoms. The topological polar surface area (TPSA) is 79.4 Å². The Morgan fingerprint density at radius 2 is 2.41 bits per heavy atom. The molecule has 6 nitrogen and oxygen atoms in total. The Hall–Kier alpha value is -1.94. The second-order valence-corrected chi connectivity index (χ2v) is 4.48. The molecule has 7 heteroatoms. The molecule has 0 saturated heterocycles. The second-order valence-electron chi connectivity index (χ2n) is 3.42. The summed E-state index contributed by atoms with van der Waals surface area (Å²) in [6, 6.07) is 2.03. The van der Waals surface area contributed by atoms with Gasteiger partial charge in [0.15, 0.2) is 0 Å². The summed E-state index contributed by atoms with van der Waals surface area (Å²) in [4.78, 5) is 3.93. The number of nitrogens with zero attached hydrogens (tertiary/aromatic N) is 5. The third kappa shape index (κ3) is 2.79. The fourth-order valence-electron chi connectivity index (χ4n) is 1.32. The molecule has 1 N–H and O–H groups in total.